The lowest BCUT2D eigenvalue weighted by Gasteiger charge is -2.03. The van der Waals surface area contributed by atoms with Crippen molar-refractivity contribution in [3.63, 3.8) is 0 Å². The first-order valence-electron chi connectivity index (χ1n) is 5.67. The lowest BCUT2D eigenvalue weighted by molar-refractivity contribution is 0.102. The van der Waals surface area contributed by atoms with Crippen molar-refractivity contribution in [3.8, 4) is 0 Å². The van der Waals surface area contributed by atoms with Gasteiger partial charge in [0.05, 0.1) is 5.56 Å². The fraction of sp³-hybridized carbons (Fsp3) is 0. The van der Waals surface area contributed by atoms with E-state index in [-0.39, 0.29) is 5.91 Å². The van der Waals surface area contributed by atoms with E-state index in [1.165, 1.54) is 0 Å². The molecule has 18 heavy (non-hydrogen) atoms. The standard InChI is InChI=1S/C15H11NOS/c17-15(16-11-6-2-1-3-7-11)13-10-18-14-9-5-4-8-12(13)14/h1-10H,(H,16,17). The zero-order valence-electron chi connectivity index (χ0n) is 9.59. The largest absolute Gasteiger partial charge is 0.322 e. The van der Waals surface area contributed by atoms with E-state index < -0.39 is 0 Å². The Balaban J connectivity index is 1.93. The van der Waals surface area contributed by atoms with E-state index in [2.05, 4.69) is 5.32 Å². The maximum Gasteiger partial charge on any atom is 0.257 e. The van der Waals surface area contributed by atoms with Gasteiger partial charge in [-0.05, 0) is 18.2 Å². The Hall–Kier alpha value is -2.13. The molecule has 0 aliphatic carbocycles. The third-order valence-electron chi connectivity index (χ3n) is 2.76. The molecule has 1 aromatic heterocycles. The van der Waals surface area contributed by atoms with Crippen molar-refractivity contribution < 1.29 is 4.79 Å². The first-order chi connectivity index (χ1) is 8.84. The molecular weight excluding hydrogens is 242 g/mol. The highest BCUT2D eigenvalue weighted by atomic mass is 32.1. The average molecular weight is 253 g/mol. The molecule has 2 aromatic carbocycles. The summed E-state index contributed by atoms with van der Waals surface area (Å²) in [6, 6.07) is 17.4. The van der Waals surface area contributed by atoms with E-state index >= 15 is 0 Å². The molecular formula is C15H11NOS. The van der Waals surface area contributed by atoms with Crippen LogP contribution in [0.2, 0.25) is 0 Å². The van der Waals surface area contributed by atoms with Crippen LogP contribution in [-0.4, -0.2) is 5.91 Å². The molecule has 1 heterocycles. The molecule has 2 nitrogen and oxygen atoms in total. The molecule has 3 aromatic rings. The summed E-state index contributed by atoms with van der Waals surface area (Å²) in [5.41, 5.74) is 1.55. The number of hydrogen-bond acceptors (Lipinski definition) is 2. The van der Waals surface area contributed by atoms with Crippen LogP contribution in [0, 0.1) is 0 Å². The topological polar surface area (TPSA) is 29.1 Å². The Morgan fingerprint density at radius 1 is 0.944 bits per heavy atom. The van der Waals surface area contributed by atoms with Crippen LogP contribution in [0.1, 0.15) is 10.4 Å². The number of para-hydroxylation sites is 1. The summed E-state index contributed by atoms with van der Waals surface area (Å²) in [7, 11) is 0. The fourth-order valence-corrected chi connectivity index (χ4v) is 2.81. The lowest BCUT2D eigenvalue weighted by atomic mass is 10.1. The summed E-state index contributed by atoms with van der Waals surface area (Å²) in [5, 5.41) is 5.82. The Morgan fingerprint density at radius 2 is 1.67 bits per heavy atom. The molecule has 3 heteroatoms. The fourth-order valence-electron chi connectivity index (χ4n) is 1.87. The molecule has 0 radical (unpaired) electrons. The molecule has 0 saturated heterocycles. The van der Waals surface area contributed by atoms with Crippen LogP contribution in [0.25, 0.3) is 10.1 Å². The van der Waals surface area contributed by atoms with E-state index in [0.29, 0.717) is 0 Å². The predicted octanol–water partition coefficient (Wildman–Crippen LogP) is 4.15. The number of thiophene rings is 1. The van der Waals surface area contributed by atoms with Crippen molar-refractivity contribution >= 4 is 33.0 Å². The minimum atomic E-state index is -0.0568. The van der Waals surface area contributed by atoms with Gasteiger partial charge in [-0.3, -0.25) is 4.79 Å². The number of benzene rings is 2. The van der Waals surface area contributed by atoms with E-state index in [0.717, 1.165) is 21.3 Å². The van der Waals surface area contributed by atoms with Crippen molar-refractivity contribution in [1.82, 2.24) is 0 Å². The number of carbonyl (C=O) groups is 1. The third-order valence-corrected chi connectivity index (χ3v) is 3.72. The van der Waals surface area contributed by atoms with Crippen LogP contribution in [0.4, 0.5) is 5.69 Å². The molecule has 0 aliphatic heterocycles. The second kappa shape index (κ2) is 4.63. The molecule has 1 N–H and O–H groups in total. The molecule has 0 saturated carbocycles. The first kappa shape index (κ1) is 11.0. The van der Waals surface area contributed by atoms with Gasteiger partial charge in [0.15, 0.2) is 0 Å². The molecule has 0 unspecified atom stereocenters. The maximum absolute atomic E-state index is 12.2. The van der Waals surface area contributed by atoms with Crippen molar-refractivity contribution in [1.29, 1.82) is 0 Å². The van der Waals surface area contributed by atoms with Gasteiger partial charge in [-0.25, -0.2) is 0 Å². The summed E-state index contributed by atoms with van der Waals surface area (Å²) in [4.78, 5) is 12.2. The van der Waals surface area contributed by atoms with Crippen LogP contribution in [-0.2, 0) is 0 Å². The van der Waals surface area contributed by atoms with Gasteiger partial charge in [0, 0.05) is 21.2 Å². The molecule has 0 atom stereocenters. The SMILES string of the molecule is O=C(Nc1ccccc1)c1csc2ccccc12. The molecule has 88 valence electrons. The smallest absolute Gasteiger partial charge is 0.257 e. The quantitative estimate of drug-likeness (QED) is 0.730. The van der Waals surface area contributed by atoms with Crippen LogP contribution in [0.5, 0.6) is 0 Å². The summed E-state index contributed by atoms with van der Waals surface area (Å²) in [6.45, 7) is 0. The minimum absolute atomic E-state index is 0.0568. The number of hydrogen-bond donors (Lipinski definition) is 1. The van der Waals surface area contributed by atoms with Crippen molar-refractivity contribution in [3.05, 3.63) is 65.5 Å². The maximum atomic E-state index is 12.2. The number of fused-ring (bicyclic) bond motifs is 1. The number of nitrogens with one attached hydrogen (secondary N) is 1. The summed E-state index contributed by atoms with van der Waals surface area (Å²) >= 11 is 1.59. The second-order valence-electron chi connectivity index (χ2n) is 3.97. The van der Waals surface area contributed by atoms with Crippen LogP contribution in [0.15, 0.2) is 60.0 Å². The van der Waals surface area contributed by atoms with Gasteiger partial charge in [0.1, 0.15) is 0 Å². The molecule has 0 fully saturated rings. The van der Waals surface area contributed by atoms with Crippen molar-refractivity contribution in [2.24, 2.45) is 0 Å². The zero-order valence-corrected chi connectivity index (χ0v) is 10.4. The van der Waals surface area contributed by atoms with Gasteiger partial charge in [-0.1, -0.05) is 36.4 Å². The molecule has 3 rings (SSSR count). The Morgan fingerprint density at radius 3 is 2.50 bits per heavy atom. The van der Waals surface area contributed by atoms with E-state index in [1.807, 2.05) is 60.0 Å². The highest BCUT2D eigenvalue weighted by Gasteiger charge is 2.11. The third kappa shape index (κ3) is 2.00. The summed E-state index contributed by atoms with van der Waals surface area (Å²) in [6.07, 6.45) is 0. The number of rotatable bonds is 2. The van der Waals surface area contributed by atoms with Gasteiger partial charge in [0.2, 0.25) is 0 Å². The summed E-state index contributed by atoms with van der Waals surface area (Å²) < 4.78 is 1.13. The Kier molecular flexibility index (Phi) is 2.82. The monoisotopic (exact) mass is 253 g/mol. The predicted molar refractivity (Wildman–Crippen MR) is 76.2 cm³/mol. The van der Waals surface area contributed by atoms with E-state index in [1.54, 1.807) is 11.3 Å². The average Bonchev–Trinajstić information content (AvgIpc) is 2.84. The lowest BCUT2D eigenvalue weighted by Crippen LogP contribution is -2.10. The zero-order chi connectivity index (χ0) is 12.4. The van der Waals surface area contributed by atoms with Gasteiger partial charge < -0.3 is 5.32 Å². The molecule has 0 aliphatic rings. The van der Waals surface area contributed by atoms with Crippen molar-refractivity contribution in [2.45, 2.75) is 0 Å². The summed E-state index contributed by atoms with van der Waals surface area (Å²) in [5.74, 6) is -0.0568. The highest BCUT2D eigenvalue weighted by Crippen LogP contribution is 2.26. The number of carbonyl (C=O) groups excluding carboxylic acids is 1. The number of anilines is 1. The van der Waals surface area contributed by atoms with Crippen LogP contribution < -0.4 is 5.32 Å². The minimum Gasteiger partial charge on any atom is -0.322 e. The van der Waals surface area contributed by atoms with Crippen molar-refractivity contribution in [2.75, 3.05) is 5.32 Å². The van der Waals surface area contributed by atoms with Gasteiger partial charge in [-0.2, -0.15) is 0 Å². The normalized spacial score (nSPS) is 10.4. The Labute approximate surface area is 109 Å². The van der Waals surface area contributed by atoms with Gasteiger partial charge in [-0.15, -0.1) is 11.3 Å². The van der Waals surface area contributed by atoms with Gasteiger partial charge >= 0.3 is 0 Å². The van der Waals surface area contributed by atoms with E-state index in [4.69, 9.17) is 0 Å². The number of amides is 1. The second-order valence-corrected chi connectivity index (χ2v) is 4.88. The Bertz CT molecular complexity index is 688. The first-order valence-corrected chi connectivity index (χ1v) is 6.55. The van der Waals surface area contributed by atoms with Crippen LogP contribution >= 0.6 is 11.3 Å². The molecule has 0 bridgehead atoms. The molecule has 1 amide bonds. The van der Waals surface area contributed by atoms with E-state index in [9.17, 15) is 4.79 Å². The highest BCUT2D eigenvalue weighted by molar-refractivity contribution is 7.17. The van der Waals surface area contributed by atoms with Gasteiger partial charge in [0.25, 0.3) is 5.91 Å². The van der Waals surface area contributed by atoms with Crippen LogP contribution in [0.3, 0.4) is 0 Å². The molecule has 0 spiro atoms.